The van der Waals surface area contributed by atoms with E-state index in [4.69, 9.17) is 0 Å². The number of amides is 6. The van der Waals surface area contributed by atoms with E-state index in [0.29, 0.717) is 11.1 Å². The molecule has 3 heterocycles. The van der Waals surface area contributed by atoms with E-state index >= 15 is 0 Å². The summed E-state index contributed by atoms with van der Waals surface area (Å²) in [7, 11) is 0. The van der Waals surface area contributed by atoms with E-state index < -0.39 is 78.3 Å². The van der Waals surface area contributed by atoms with Gasteiger partial charge in [0, 0.05) is 24.5 Å². The summed E-state index contributed by atoms with van der Waals surface area (Å²) in [6, 6.07) is 6.03. The van der Waals surface area contributed by atoms with Gasteiger partial charge in [0.25, 0.3) is 5.91 Å². The number of aromatic nitrogens is 1. The van der Waals surface area contributed by atoms with Gasteiger partial charge in [-0.2, -0.15) is 0 Å². The number of nitrogens with zero attached hydrogens (tertiary/aromatic N) is 2. The normalized spacial score (nSPS) is 26.2. The predicted molar refractivity (Wildman–Crippen MR) is 170 cm³/mol. The standard InChI is InChI=1S/C33H43N7O7/c1-18(2)12-25-31(45)39-26(17-41)33(47)40-16-23(36-30(44)22-11-10-19(3)34-15-22)13-27(40)32(46)35-20(4)29(43)38-24(14-28(42)37-25)21-8-6-5-7-9-21/h5-11,15,18,20,23-27,41H,12-14,16-17H2,1-4H3,(H,35,46)(H,36,44)(H,37,42)(H,38,43)(H,39,45)/t20-,23-,24+,25-,26+,27-/m0/s1. The number of hydrogen-bond donors (Lipinski definition) is 6. The van der Waals surface area contributed by atoms with E-state index in [1.165, 1.54) is 18.0 Å². The molecule has 0 aliphatic carbocycles. The number of benzene rings is 1. The van der Waals surface area contributed by atoms with Crippen molar-refractivity contribution in [1.29, 1.82) is 0 Å². The average molecular weight is 650 g/mol. The van der Waals surface area contributed by atoms with Crippen molar-refractivity contribution in [3.63, 3.8) is 0 Å². The van der Waals surface area contributed by atoms with Crippen LogP contribution in [0.15, 0.2) is 48.7 Å². The molecular formula is C33H43N7O7. The molecule has 1 aromatic heterocycles. The van der Waals surface area contributed by atoms with E-state index in [-0.39, 0.29) is 31.7 Å². The first-order chi connectivity index (χ1) is 22.4. The molecular weight excluding hydrogens is 606 g/mol. The molecule has 6 amide bonds. The molecule has 2 aliphatic heterocycles. The number of pyridine rings is 1. The van der Waals surface area contributed by atoms with Crippen LogP contribution in [0.5, 0.6) is 0 Å². The van der Waals surface area contributed by atoms with Crippen molar-refractivity contribution in [2.24, 2.45) is 5.92 Å². The number of aliphatic hydroxyl groups is 1. The second kappa shape index (κ2) is 15.6. The lowest BCUT2D eigenvalue weighted by atomic mass is 10.00. The van der Waals surface area contributed by atoms with E-state index in [1.54, 1.807) is 49.4 Å². The highest BCUT2D eigenvalue weighted by Crippen LogP contribution is 2.22. The zero-order chi connectivity index (χ0) is 34.2. The van der Waals surface area contributed by atoms with E-state index in [2.05, 4.69) is 31.6 Å². The largest absolute Gasteiger partial charge is 0.394 e. The van der Waals surface area contributed by atoms with Crippen molar-refractivity contribution in [2.45, 2.75) is 83.2 Å². The van der Waals surface area contributed by atoms with Gasteiger partial charge in [-0.15, -0.1) is 0 Å². The van der Waals surface area contributed by atoms with E-state index in [1.807, 2.05) is 13.8 Å². The van der Waals surface area contributed by atoms with Gasteiger partial charge in [0.05, 0.1) is 24.6 Å². The Morgan fingerprint density at radius 1 is 0.957 bits per heavy atom. The maximum Gasteiger partial charge on any atom is 0.253 e. The number of aliphatic hydroxyl groups excluding tert-OH is 1. The van der Waals surface area contributed by atoms with Gasteiger partial charge < -0.3 is 36.6 Å². The summed E-state index contributed by atoms with van der Waals surface area (Å²) in [5, 5.41) is 23.8. The molecule has 2 aromatic rings. The molecule has 252 valence electrons. The van der Waals surface area contributed by atoms with Gasteiger partial charge in [-0.1, -0.05) is 44.2 Å². The molecule has 2 fully saturated rings. The summed E-state index contributed by atoms with van der Waals surface area (Å²) in [6.45, 7) is 6.13. The van der Waals surface area contributed by atoms with Crippen LogP contribution in [-0.2, 0) is 24.0 Å². The molecule has 14 heteroatoms. The lowest BCUT2D eigenvalue weighted by Gasteiger charge is -2.30. The highest BCUT2D eigenvalue weighted by Gasteiger charge is 2.43. The minimum absolute atomic E-state index is 0.0156. The fraction of sp³-hybridized carbons (Fsp3) is 0.485. The fourth-order valence-electron chi connectivity index (χ4n) is 5.71. The maximum absolute atomic E-state index is 13.8. The molecule has 0 saturated carbocycles. The van der Waals surface area contributed by atoms with Gasteiger partial charge in [0.2, 0.25) is 29.5 Å². The predicted octanol–water partition coefficient (Wildman–Crippen LogP) is -0.137. The second-order valence-electron chi connectivity index (χ2n) is 12.5. The number of carbonyl (C=O) groups is 6. The molecule has 0 spiro atoms. The molecule has 0 unspecified atom stereocenters. The lowest BCUT2D eigenvalue weighted by Crippen LogP contribution is -2.59. The third-order valence-corrected chi connectivity index (χ3v) is 8.21. The van der Waals surface area contributed by atoms with Crippen LogP contribution >= 0.6 is 0 Å². The van der Waals surface area contributed by atoms with Gasteiger partial charge in [0.1, 0.15) is 24.2 Å². The van der Waals surface area contributed by atoms with Crippen molar-refractivity contribution < 1.29 is 33.9 Å². The van der Waals surface area contributed by atoms with Crippen molar-refractivity contribution in [3.05, 3.63) is 65.5 Å². The van der Waals surface area contributed by atoms with Crippen LogP contribution in [0.25, 0.3) is 0 Å². The Morgan fingerprint density at radius 3 is 2.32 bits per heavy atom. The average Bonchev–Trinajstić information content (AvgIpc) is 3.46. The molecule has 47 heavy (non-hydrogen) atoms. The molecule has 4 rings (SSSR count). The number of aryl methyl sites for hydroxylation is 1. The highest BCUT2D eigenvalue weighted by atomic mass is 16.3. The van der Waals surface area contributed by atoms with Crippen LogP contribution in [0.3, 0.4) is 0 Å². The third kappa shape index (κ3) is 9.12. The molecule has 6 N–H and O–H groups in total. The summed E-state index contributed by atoms with van der Waals surface area (Å²) in [4.78, 5) is 85.8. The monoisotopic (exact) mass is 649 g/mol. The van der Waals surface area contributed by atoms with Gasteiger partial charge in [0.15, 0.2) is 0 Å². The summed E-state index contributed by atoms with van der Waals surface area (Å²) in [6.07, 6.45) is 1.47. The number of hydrogen-bond acceptors (Lipinski definition) is 8. The lowest BCUT2D eigenvalue weighted by molar-refractivity contribution is -0.143. The number of nitrogens with one attached hydrogen (secondary N) is 5. The van der Waals surface area contributed by atoms with Crippen molar-refractivity contribution in [1.82, 2.24) is 36.5 Å². The number of rotatable bonds is 6. The van der Waals surface area contributed by atoms with Crippen LogP contribution in [0.1, 0.15) is 67.7 Å². The topological polar surface area (TPSA) is 199 Å². The van der Waals surface area contributed by atoms with Crippen molar-refractivity contribution in [2.75, 3.05) is 13.2 Å². The van der Waals surface area contributed by atoms with Crippen LogP contribution in [0.4, 0.5) is 0 Å². The highest BCUT2D eigenvalue weighted by molar-refractivity contribution is 5.97. The molecule has 2 aliphatic rings. The quantitative estimate of drug-likeness (QED) is 0.249. The van der Waals surface area contributed by atoms with Crippen LogP contribution in [-0.4, -0.2) is 93.8 Å². The fourth-order valence-corrected chi connectivity index (χ4v) is 5.71. The summed E-state index contributed by atoms with van der Waals surface area (Å²) in [5.74, 6) is -3.65. The molecule has 2 saturated heterocycles. The first-order valence-electron chi connectivity index (χ1n) is 15.8. The molecule has 1 aromatic carbocycles. The molecule has 6 atom stereocenters. The van der Waals surface area contributed by atoms with Crippen molar-refractivity contribution in [3.8, 4) is 0 Å². The number of fused-ring (bicyclic) bond motifs is 1. The first kappa shape index (κ1) is 35.0. The van der Waals surface area contributed by atoms with Gasteiger partial charge >= 0.3 is 0 Å². The van der Waals surface area contributed by atoms with E-state index in [9.17, 15) is 33.9 Å². The summed E-state index contributed by atoms with van der Waals surface area (Å²) in [5.41, 5.74) is 1.67. The second-order valence-corrected chi connectivity index (χ2v) is 12.5. The Kier molecular flexibility index (Phi) is 11.6. The third-order valence-electron chi connectivity index (χ3n) is 8.21. The summed E-state index contributed by atoms with van der Waals surface area (Å²) < 4.78 is 0. The van der Waals surface area contributed by atoms with Gasteiger partial charge in [-0.05, 0) is 50.3 Å². The van der Waals surface area contributed by atoms with Gasteiger partial charge in [-0.3, -0.25) is 33.8 Å². The Bertz CT molecular complexity index is 1470. The van der Waals surface area contributed by atoms with Crippen LogP contribution < -0.4 is 26.6 Å². The Hall–Kier alpha value is -4.85. The minimum atomic E-state index is -1.44. The summed E-state index contributed by atoms with van der Waals surface area (Å²) >= 11 is 0. The van der Waals surface area contributed by atoms with E-state index in [0.717, 1.165) is 5.69 Å². The molecule has 0 radical (unpaired) electrons. The zero-order valence-electron chi connectivity index (χ0n) is 27.0. The first-order valence-corrected chi connectivity index (χ1v) is 15.8. The van der Waals surface area contributed by atoms with Crippen LogP contribution in [0.2, 0.25) is 0 Å². The molecule has 0 bridgehead atoms. The minimum Gasteiger partial charge on any atom is -0.394 e. The Morgan fingerprint density at radius 2 is 1.68 bits per heavy atom. The maximum atomic E-state index is 13.8. The van der Waals surface area contributed by atoms with Gasteiger partial charge in [-0.25, -0.2) is 0 Å². The Balaban J connectivity index is 1.65. The zero-order valence-corrected chi connectivity index (χ0v) is 27.0. The van der Waals surface area contributed by atoms with Crippen LogP contribution in [0, 0.1) is 12.8 Å². The van der Waals surface area contributed by atoms with Crippen molar-refractivity contribution >= 4 is 35.4 Å². The SMILES string of the molecule is Cc1ccc(C(=O)N[C@H]2C[C@H]3C(=O)N[C@@H](C)C(=O)N[C@@H](c4ccccc4)CC(=O)N[C@@H](CC(C)C)C(=O)N[C@H](CO)C(=O)N3C2)cn1. The number of carbonyl (C=O) groups excluding carboxylic acids is 6. The smallest absolute Gasteiger partial charge is 0.253 e. The Labute approximate surface area is 273 Å². The molecule has 14 nitrogen and oxygen atoms in total.